The molecule has 1 aliphatic rings. The van der Waals surface area contributed by atoms with Crippen LogP contribution in [-0.4, -0.2) is 35.3 Å². The van der Waals surface area contributed by atoms with Gasteiger partial charge in [-0.15, -0.1) is 0 Å². The zero-order valence-electron chi connectivity index (χ0n) is 6.41. The predicted molar refractivity (Wildman–Crippen MR) is 54.5 cm³/mol. The van der Waals surface area contributed by atoms with Gasteiger partial charge in [-0.3, -0.25) is 14.7 Å². The van der Waals surface area contributed by atoms with E-state index in [0.717, 1.165) is 17.5 Å². The molecule has 1 heterocycles. The number of hydrogen-bond donors (Lipinski definition) is 0. The highest BCUT2D eigenvalue weighted by molar-refractivity contribution is 8.14. The Morgan fingerprint density at radius 2 is 2.50 bits per heavy atom. The van der Waals surface area contributed by atoms with E-state index in [1.807, 2.05) is 0 Å². The third-order valence-electron chi connectivity index (χ3n) is 1.36. The van der Waals surface area contributed by atoms with Crippen molar-refractivity contribution in [2.75, 3.05) is 19.3 Å². The number of thioether (sulfide) groups is 1. The summed E-state index contributed by atoms with van der Waals surface area (Å²) in [4.78, 5) is 16.7. The molecule has 0 spiro atoms. The van der Waals surface area contributed by atoms with Crippen molar-refractivity contribution in [3.05, 3.63) is 12.7 Å². The summed E-state index contributed by atoms with van der Waals surface area (Å²) in [6, 6.07) is 0. The number of hydrogen-bond acceptors (Lipinski definition) is 3. The fourth-order valence-electron chi connectivity index (χ4n) is 0.758. The van der Waals surface area contributed by atoms with Crippen LogP contribution in [0.5, 0.6) is 0 Å². The topological polar surface area (TPSA) is 32.7 Å². The lowest BCUT2D eigenvalue weighted by atomic mass is 10.5. The van der Waals surface area contributed by atoms with Gasteiger partial charge in [-0.2, -0.15) is 0 Å². The third kappa shape index (κ3) is 2.37. The first kappa shape index (κ1) is 11.2. The van der Waals surface area contributed by atoms with Gasteiger partial charge in [-0.05, 0) is 6.08 Å². The summed E-state index contributed by atoms with van der Waals surface area (Å²) in [5, 5.41) is 0.801. The van der Waals surface area contributed by atoms with Crippen molar-refractivity contribution in [3.8, 4) is 0 Å². The molecule has 0 aliphatic carbocycles. The van der Waals surface area contributed by atoms with E-state index in [0.29, 0.717) is 0 Å². The molecule has 3 nitrogen and oxygen atoms in total. The average molecular weight is 186 g/mol. The first-order valence-electron chi connectivity index (χ1n) is 3.33. The van der Waals surface area contributed by atoms with Crippen molar-refractivity contribution >= 4 is 22.8 Å². The molecule has 0 aromatic rings. The van der Waals surface area contributed by atoms with E-state index in [-0.39, 0.29) is 13.3 Å². The zero-order chi connectivity index (χ0) is 8.27. The summed E-state index contributed by atoms with van der Waals surface area (Å²) < 4.78 is 0. The second-order valence-electron chi connectivity index (χ2n) is 2.11. The van der Waals surface area contributed by atoms with Gasteiger partial charge < -0.3 is 0 Å². The molecule has 1 aliphatic heterocycles. The molecule has 1 amide bonds. The Morgan fingerprint density at radius 3 is 2.92 bits per heavy atom. The molecule has 0 atom stereocenters. The minimum Gasteiger partial charge on any atom is -0.291 e. The largest absolute Gasteiger partial charge is 0.291 e. The molecule has 0 radical (unpaired) electrons. The van der Waals surface area contributed by atoms with Crippen LogP contribution in [-0.2, 0) is 4.79 Å². The number of amides is 1. The lowest BCUT2D eigenvalue weighted by molar-refractivity contribution is -0.121. The Labute approximate surface area is 77.5 Å². The van der Waals surface area contributed by atoms with Crippen molar-refractivity contribution in [1.29, 1.82) is 0 Å². The summed E-state index contributed by atoms with van der Waals surface area (Å²) in [7, 11) is 1.71. The van der Waals surface area contributed by atoms with Crippen molar-refractivity contribution in [2.24, 2.45) is 4.99 Å². The van der Waals surface area contributed by atoms with Crippen molar-refractivity contribution in [2.45, 2.75) is 7.43 Å². The van der Waals surface area contributed by atoms with Crippen LogP contribution in [0.4, 0.5) is 0 Å². The lowest BCUT2D eigenvalue weighted by Crippen LogP contribution is -2.28. The third-order valence-corrected chi connectivity index (χ3v) is 2.41. The smallest absolute Gasteiger partial charge is 0.251 e. The summed E-state index contributed by atoms with van der Waals surface area (Å²) in [5.74, 6) is 0.877. The molecule has 12 heavy (non-hydrogen) atoms. The fourth-order valence-corrected chi connectivity index (χ4v) is 1.59. The van der Waals surface area contributed by atoms with Gasteiger partial charge in [0.1, 0.15) is 0 Å². The minimum atomic E-state index is -0.0989. The Kier molecular flexibility index (Phi) is 4.66. The monoisotopic (exact) mass is 186 g/mol. The van der Waals surface area contributed by atoms with Crippen LogP contribution in [0.25, 0.3) is 0 Å². The maximum Gasteiger partial charge on any atom is 0.251 e. The number of aliphatic imine (C=N–C) groups is 1. The van der Waals surface area contributed by atoms with E-state index in [2.05, 4.69) is 11.6 Å². The number of amidine groups is 1. The molecule has 0 N–H and O–H groups in total. The van der Waals surface area contributed by atoms with E-state index in [9.17, 15) is 4.79 Å². The summed E-state index contributed by atoms with van der Waals surface area (Å²) in [5.41, 5.74) is 0. The first-order chi connectivity index (χ1) is 5.25. The van der Waals surface area contributed by atoms with Crippen LogP contribution >= 0.6 is 11.8 Å². The Morgan fingerprint density at radius 1 is 1.83 bits per heavy atom. The van der Waals surface area contributed by atoms with Crippen molar-refractivity contribution in [1.82, 2.24) is 4.90 Å². The molecule has 0 saturated carbocycles. The highest BCUT2D eigenvalue weighted by Gasteiger charge is 2.15. The summed E-state index contributed by atoms with van der Waals surface area (Å²) >= 11 is 1.60. The maximum absolute atomic E-state index is 11.0. The molecular formula is C8H14N2OS. The highest BCUT2D eigenvalue weighted by Crippen LogP contribution is 2.14. The second kappa shape index (κ2) is 4.98. The molecule has 0 bridgehead atoms. The van der Waals surface area contributed by atoms with Gasteiger partial charge in [0.15, 0.2) is 5.17 Å². The Bertz CT molecular complexity index is 213. The number of likely N-dealkylation sites (N-methyl/N-ethyl adjacent to an activating group) is 1. The molecule has 0 unspecified atom stereocenters. The Hall–Kier alpha value is -0.770. The summed E-state index contributed by atoms with van der Waals surface area (Å²) in [6.07, 6.45) is 1.29. The van der Waals surface area contributed by atoms with Crippen LogP contribution in [0.15, 0.2) is 17.6 Å². The van der Waals surface area contributed by atoms with E-state index >= 15 is 0 Å². The van der Waals surface area contributed by atoms with Crippen LogP contribution in [0.2, 0.25) is 0 Å². The second-order valence-corrected chi connectivity index (χ2v) is 3.18. The van der Waals surface area contributed by atoms with Crippen molar-refractivity contribution < 1.29 is 4.79 Å². The van der Waals surface area contributed by atoms with Gasteiger partial charge in [0.2, 0.25) is 0 Å². The van der Waals surface area contributed by atoms with Gasteiger partial charge >= 0.3 is 0 Å². The van der Waals surface area contributed by atoms with Gasteiger partial charge in [-0.1, -0.05) is 25.8 Å². The molecule has 0 saturated heterocycles. The van der Waals surface area contributed by atoms with E-state index in [1.54, 1.807) is 18.8 Å². The van der Waals surface area contributed by atoms with Crippen LogP contribution in [0, 0.1) is 0 Å². The zero-order valence-corrected chi connectivity index (χ0v) is 7.23. The lowest BCUT2D eigenvalue weighted by Gasteiger charge is -2.12. The molecule has 0 aromatic heterocycles. The van der Waals surface area contributed by atoms with Crippen LogP contribution in [0.3, 0.4) is 0 Å². The summed E-state index contributed by atoms with van der Waals surface area (Å²) in [6.45, 7) is 4.21. The van der Waals surface area contributed by atoms with E-state index in [4.69, 9.17) is 0 Å². The van der Waals surface area contributed by atoms with Crippen molar-refractivity contribution in [3.63, 3.8) is 0 Å². The Balaban J connectivity index is 0.00000121. The molecule has 1 rings (SSSR count). The SMILES string of the molecule is C.C=CC(=O)N(C)C1=NCCS1. The molecule has 4 heteroatoms. The highest BCUT2D eigenvalue weighted by atomic mass is 32.2. The van der Waals surface area contributed by atoms with E-state index < -0.39 is 0 Å². The van der Waals surface area contributed by atoms with Gasteiger partial charge in [0.05, 0.1) is 6.54 Å². The number of rotatable bonds is 1. The first-order valence-corrected chi connectivity index (χ1v) is 4.31. The normalized spacial score (nSPS) is 14.6. The van der Waals surface area contributed by atoms with Crippen LogP contribution < -0.4 is 0 Å². The molecule has 68 valence electrons. The standard InChI is InChI=1S/C7H10N2OS.CH4/c1-3-6(10)9(2)7-8-4-5-11-7;/h3H,1,4-5H2,2H3;1H4. The quantitative estimate of drug-likeness (QED) is 0.579. The van der Waals surface area contributed by atoms with Gasteiger partial charge in [0.25, 0.3) is 5.91 Å². The average Bonchev–Trinajstić information content (AvgIpc) is 2.53. The van der Waals surface area contributed by atoms with Crippen LogP contribution in [0.1, 0.15) is 7.43 Å². The number of carbonyl (C=O) groups excluding carboxylic acids is 1. The maximum atomic E-state index is 11.0. The molecule has 0 fully saturated rings. The fraction of sp³-hybridized carbons (Fsp3) is 0.500. The number of carbonyl (C=O) groups is 1. The molecule has 0 aromatic carbocycles. The van der Waals surface area contributed by atoms with Gasteiger partial charge in [0, 0.05) is 12.8 Å². The minimum absolute atomic E-state index is 0. The van der Waals surface area contributed by atoms with E-state index in [1.165, 1.54) is 11.0 Å². The predicted octanol–water partition coefficient (Wildman–Crippen LogP) is 1.37. The molecular weight excluding hydrogens is 172 g/mol. The van der Waals surface area contributed by atoms with Gasteiger partial charge in [-0.25, -0.2) is 0 Å². The number of nitrogens with zero attached hydrogens (tertiary/aromatic N) is 2.